The Bertz CT molecular complexity index is 377. The highest BCUT2D eigenvalue weighted by Gasteiger charge is 2.18. The van der Waals surface area contributed by atoms with Crippen molar-refractivity contribution in [1.29, 1.82) is 0 Å². The Morgan fingerprint density at radius 1 is 0.552 bits per heavy atom. The predicted molar refractivity (Wildman–Crippen MR) is 119 cm³/mol. The molecule has 0 radical (unpaired) electrons. The Morgan fingerprint density at radius 2 is 0.828 bits per heavy atom. The molecule has 0 spiro atoms. The fourth-order valence-corrected chi connectivity index (χ4v) is 3.61. The molecule has 0 saturated heterocycles. The maximum Gasteiger partial charge on any atom is 0.431 e. The number of hydrogen-bond donors (Lipinski definition) is 3. The summed E-state index contributed by atoms with van der Waals surface area (Å²) >= 11 is 0. The summed E-state index contributed by atoms with van der Waals surface area (Å²) in [4.78, 5) is 21.3. The number of imide groups is 1. The third-order valence-electron chi connectivity index (χ3n) is 5.43. The van der Waals surface area contributed by atoms with Gasteiger partial charge in [0.25, 0.3) is 0 Å². The lowest BCUT2D eigenvalue weighted by Crippen LogP contribution is -2.45. The van der Waals surface area contributed by atoms with E-state index in [0.29, 0.717) is 6.54 Å². The van der Waals surface area contributed by atoms with Gasteiger partial charge in [0.05, 0.1) is 0 Å². The van der Waals surface area contributed by atoms with Gasteiger partial charge in [-0.3, -0.25) is 0 Å². The largest absolute Gasteiger partial charge is 0.464 e. The number of carboxylic acid groups (broad SMARTS) is 2. The smallest absolute Gasteiger partial charge is 0.431 e. The van der Waals surface area contributed by atoms with Crippen molar-refractivity contribution >= 4 is 12.2 Å². The number of rotatable bonds is 21. The summed E-state index contributed by atoms with van der Waals surface area (Å²) < 4.78 is 0. The van der Waals surface area contributed by atoms with Gasteiger partial charge in [0, 0.05) is 6.54 Å². The van der Waals surface area contributed by atoms with Crippen molar-refractivity contribution in [2.24, 2.45) is 0 Å². The molecule has 0 fully saturated rings. The molecule has 0 rings (SSSR count). The topological polar surface area (TPSA) is 89.9 Å². The van der Waals surface area contributed by atoms with Gasteiger partial charge >= 0.3 is 12.2 Å². The molecular weight excluding hydrogens is 368 g/mol. The lowest BCUT2D eigenvalue weighted by atomic mass is 10.0. The van der Waals surface area contributed by atoms with Crippen LogP contribution >= 0.6 is 0 Å². The molecule has 29 heavy (non-hydrogen) atoms. The molecule has 0 heterocycles. The maximum absolute atomic E-state index is 10.7. The van der Waals surface area contributed by atoms with E-state index in [1.807, 2.05) is 0 Å². The van der Waals surface area contributed by atoms with E-state index in [1.165, 1.54) is 103 Å². The third-order valence-corrected chi connectivity index (χ3v) is 5.43. The standard InChI is InChI=1S/C23H46N2O4/c1-2-3-4-5-6-7-8-9-10-11-12-13-14-15-16-17-18-19-20-21-24-25(22(26)27)23(28)29/h24H,2-21H2,1H3,(H,26,27)(H,28,29). The molecule has 0 aliphatic heterocycles. The van der Waals surface area contributed by atoms with Crippen molar-refractivity contribution in [3.8, 4) is 0 Å². The minimum Gasteiger partial charge on any atom is -0.464 e. The molecule has 0 saturated carbocycles. The van der Waals surface area contributed by atoms with Crippen molar-refractivity contribution in [2.45, 2.75) is 129 Å². The fourth-order valence-electron chi connectivity index (χ4n) is 3.61. The fraction of sp³-hybridized carbons (Fsp3) is 0.913. The van der Waals surface area contributed by atoms with Crippen molar-refractivity contribution < 1.29 is 19.8 Å². The summed E-state index contributed by atoms with van der Waals surface area (Å²) in [6, 6.07) is 0. The van der Waals surface area contributed by atoms with Gasteiger partial charge in [-0.15, -0.1) is 5.01 Å². The monoisotopic (exact) mass is 414 g/mol. The first-order valence-corrected chi connectivity index (χ1v) is 12.1. The van der Waals surface area contributed by atoms with Gasteiger partial charge in [0.1, 0.15) is 0 Å². The molecule has 2 amide bonds. The molecule has 172 valence electrons. The van der Waals surface area contributed by atoms with Crippen LogP contribution in [-0.4, -0.2) is 34.0 Å². The average Bonchev–Trinajstić information content (AvgIpc) is 2.68. The van der Waals surface area contributed by atoms with Crippen LogP contribution in [0.15, 0.2) is 0 Å². The van der Waals surface area contributed by atoms with Crippen LogP contribution in [0, 0.1) is 0 Å². The number of nitrogens with one attached hydrogen (secondary N) is 1. The lowest BCUT2D eigenvalue weighted by Gasteiger charge is -2.14. The van der Waals surface area contributed by atoms with E-state index < -0.39 is 12.2 Å². The highest BCUT2D eigenvalue weighted by Crippen LogP contribution is 2.14. The van der Waals surface area contributed by atoms with Crippen LogP contribution in [0.5, 0.6) is 0 Å². The molecule has 6 nitrogen and oxygen atoms in total. The normalized spacial score (nSPS) is 10.9. The van der Waals surface area contributed by atoms with Crippen molar-refractivity contribution in [2.75, 3.05) is 6.54 Å². The predicted octanol–water partition coefficient (Wildman–Crippen LogP) is 7.58. The molecule has 0 aliphatic rings. The van der Waals surface area contributed by atoms with Crippen molar-refractivity contribution in [3.63, 3.8) is 0 Å². The first-order valence-electron chi connectivity index (χ1n) is 12.1. The minimum absolute atomic E-state index is 0.217. The van der Waals surface area contributed by atoms with E-state index >= 15 is 0 Å². The van der Waals surface area contributed by atoms with Gasteiger partial charge in [-0.2, -0.15) is 0 Å². The number of hydrogen-bond acceptors (Lipinski definition) is 3. The SMILES string of the molecule is CCCCCCCCCCCCCCCCCCCCCNN(C(=O)O)C(=O)O. The second-order valence-corrected chi connectivity index (χ2v) is 8.17. The van der Waals surface area contributed by atoms with Crippen LogP contribution in [0.4, 0.5) is 9.59 Å². The molecule has 0 bridgehead atoms. The zero-order valence-corrected chi connectivity index (χ0v) is 18.8. The van der Waals surface area contributed by atoms with E-state index in [2.05, 4.69) is 12.3 Å². The molecule has 0 atom stereocenters. The van der Waals surface area contributed by atoms with Crippen LogP contribution in [0.1, 0.15) is 129 Å². The van der Waals surface area contributed by atoms with Gasteiger partial charge < -0.3 is 10.2 Å². The molecule has 0 aromatic heterocycles. The molecule has 0 aromatic rings. The Balaban J connectivity index is 3.17. The number of nitrogens with zero attached hydrogens (tertiary/aromatic N) is 1. The first kappa shape index (κ1) is 27.7. The van der Waals surface area contributed by atoms with Crippen LogP contribution in [0.2, 0.25) is 0 Å². The van der Waals surface area contributed by atoms with Gasteiger partial charge in [0.15, 0.2) is 0 Å². The van der Waals surface area contributed by atoms with Crippen molar-refractivity contribution in [3.05, 3.63) is 0 Å². The van der Waals surface area contributed by atoms with Crippen molar-refractivity contribution in [1.82, 2.24) is 10.4 Å². The first-order chi connectivity index (χ1) is 14.1. The molecule has 0 unspecified atom stereocenters. The summed E-state index contributed by atoms with van der Waals surface area (Å²) in [7, 11) is 0. The zero-order chi connectivity index (χ0) is 21.6. The summed E-state index contributed by atoms with van der Waals surface area (Å²) in [6.45, 7) is 2.64. The summed E-state index contributed by atoms with van der Waals surface area (Å²) in [5.74, 6) is 0. The van der Waals surface area contributed by atoms with E-state index in [0.717, 1.165) is 19.3 Å². The maximum atomic E-state index is 10.7. The second-order valence-electron chi connectivity index (χ2n) is 8.17. The Hall–Kier alpha value is -1.30. The van der Waals surface area contributed by atoms with E-state index in [9.17, 15) is 9.59 Å². The zero-order valence-electron chi connectivity index (χ0n) is 18.8. The molecule has 6 heteroatoms. The molecular formula is C23H46N2O4. The van der Waals surface area contributed by atoms with Gasteiger partial charge in [-0.05, 0) is 6.42 Å². The average molecular weight is 415 g/mol. The number of amides is 2. The Morgan fingerprint density at radius 3 is 1.10 bits per heavy atom. The summed E-state index contributed by atoms with van der Waals surface area (Å²) in [6.07, 6.45) is 21.9. The molecule has 3 N–H and O–H groups in total. The summed E-state index contributed by atoms with van der Waals surface area (Å²) in [5.41, 5.74) is 2.41. The van der Waals surface area contributed by atoms with E-state index in [4.69, 9.17) is 10.2 Å². The highest BCUT2D eigenvalue weighted by atomic mass is 16.4. The van der Waals surface area contributed by atoms with Gasteiger partial charge in [0.2, 0.25) is 0 Å². The number of carbonyl (C=O) groups is 2. The number of hydrazine groups is 1. The lowest BCUT2D eigenvalue weighted by molar-refractivity contribution is 0.102. The quantitative estimate of drug-likeness (QED) is 0.133. The van der Waals surface area contributed by atoms with Crippen LogP contribution in [0.3, 0.4) is 0 Å². The Labute approximate surface area is 178 Å². The van der Waals surface area contributed by atoms with Crippen LogP contribution in [-0.2, 0) is 0 Å². The third kappa shape index (κ3) is 19.8. The second kappa shape index (κ2) is 21.4. The van der Waals surface area contributed by atoms with Gasteiger partial charge in [-0.25, -0.2) is 15.0 Å². The highest BCUT2D eigenvalue weighted by molar-refractivity contribution is 5.84. The van der Waals surface area contributed by atoms with Gasteiger partial charge in [-0.1, -0.05) is 122 Å². The molecule has 0 aliphatic carbocycles. The van der Waals surface area contributed by atoms with E-state index in [1.54, 1.807) is 0 Å². The number of unbranched alkanes of at least 4 members (excludes halogenated alkanes) is 18. The summed E-state index contributed by atoms with van der Waals surface area (Å²) in [5, 5.41) is 17.6. The minimum atomic E-state index is -1.49. The van der Waals surface area contributed by atoms with E-state index in [-0.39, 0.29) is 5.01 Å². The molecule has 0 aromatic carbocycles. The van der Waals surface area contributed by atoms with Crippen LogP contribution in [0.25, 0.3) is 0 Å². The Kier molecular flexibility index (Phi) is 20.5. The van der Waals surface area contributed by atoms with Crippen LogP contribution < -0.4 is 5.43 Å².